The molecule has 0 unspecified atom stereocenters. The van der Waals surface area contributed by atoms with Gasteiger partial charge in [0.1, 0.15) is 12.1 Å². The van der Waals surface area contributed by atoms with Crippen LogP contribution in [0.3, 0.4) is 0 Å². The molecule has 1 aromatic rings. The van der Waals surface area contributed by atoms with Gasteiger partial charge in [-0.2, -0.15) is 0 Å². The van der Waals surface area contributed by atoms with Gasteiger partial charge in [0.05, 0.1) is 17.6 Å². The fourth-order valence-electron chi connectivity index (χ4n) is 1.17. The van der Waals surface area contributed by atoms with Crippen LogP contribution in [0.15, 0.2) is 18.5 Å². The number of carbonyl (C=O) groups is 2. The largest absolute Gasteiger partial charge is 0.444 e. The van der Waals surface area contributed by atoms with Crippen LogP contribution in [0.5, 0.6) is 0 Å². The summed E-state index contributed by atoms with van der Waals surface area (Å²) in [6.45, 7) is 5.01. The summed E-state index contributed by atoms with van der Waals surface area (Å²) >= 11 is 0. The molecule has 0 radical (unpaired) electrons. The Morgan fingerprint density at radius 1 is 1.42 bits per heavy atom. The number of carbonyl (C=O) groups excluding carboxylic acids is 2. The van der Waals surface area contributed by atoms with Gasteiger partial charge in [0, 0.05) is 6.20 Å². The first-order chi connectivity index (χ1) is 8.78. The van der Waals surface area contributed by atoms with Gasteiger partial charge in [-0.15, -0.1) is 0 Å². The number of alkyl carbamates (subject to hydrolysis) is 1. The van der Waals surface area contributed by atoms with Gasteiger partial charge in [0.25, 0.3) is 0 Å². The quantitative estimate of drug-likeness (QED) is 0.760. The standard InChI is InChI=1S/C12H18N4O3/c1-12(2,3)19-11(18)15-7-10(17)16-9-6-14-5-4-8(9)13/h4-6H,7H2,1-3H3,(H2,13,14)(H,15,18)(H,16,17). The summed E-state index contributed by atoms with van der Waals surface area (Å²) in [5, 5.41) is 4.88. The molecule has 1 heterocycles. The summed E-state index contributed by atoms with van der Waals surface area (Å²) in [5.41, 5.74) is 5.84. The van der Waals surface area contributed by atoms with E-state index in [0.29, 0.717) is 11.4 Å². The Kier molecular flexibility index (Phi) is 4.68. The van der Waals surface area contributed by atoms with Crippen LogP contribution >= 0.6 is 0 Å². The minimum absolute atomic E-state index is 0.205. The summed E-state index contributed by atoms with van der Waals surface area (Å²) in [5.74, 6) is -0.412. The molecule has 7 heteroatoms. The molecule has 0 aliphatic heterocycles. The summed E-state index contributed by atoms with van der Waals surface area (Å²) in [7, 11) is 0. The van der Waals surface area contributed by atoms with Crippen molar-refractivity contribution in [1.82, 2.24) is 10.3 Å². The maximum atomic E-state index is 11.6. The number of hydrogen-bond acceptors (Lipinski definition) is 5. The number of ether oxygens (including phenoxy) is 1. The first kappa shape index (κ1) is 14.7. The Labute approximate surface area is 111 Å². The second-order valence-electron chi connectivity index (χ2n) is 4.87. The zero-order valence-electron chi connectivity index (χ0n) is 11.2. The van der Waals surface area contributed by atoms with Crippen molar-refractivity contribution in [2.24, 2.45) is 0 Å². The Morgan fingerprint density at radius 3 is 2.68 bits per heavy atom. The molecular weight excluding hydrogens is 248 g/mol. The Bertz CT molecular complexity index is 468. The summed E-state index contributed by atoms with van der Waals surface area (Å²) < 4.78 is 4.99. The molecule has 7 nitrogen and oxygen atoms in total. The maximum Gasteiger partial charge on any atom is 0.408 e. The van der Waals surface area contributed by atoms with Gasteiger partial charge in [-0.05, 0) is 26.8 Å². The van der Waals surface area contributed by atoms with Crippen molar-refractivity contribution in [3.05, 3.63) is 18.5 Å². The number of hydrogen-bond donors (Lipinski definition) is 3. The molecule has 0 aliphatic rings. The third-order valence-corrected chi connectivity index (χ3v) is 1.92. The maximum absolute atomic E-state index is 11.6. The van der Waals surface area contributed by atoms with Crippen LogP contribution in [0, 0.1) is 0 Å². The Morgan fingerprint density at radius 2 is 2.11 bits per heavy atom. The highest BCUT2D eigenvalue weighted by Crippen LogP contribution is 2.14. The van der Waals surface area contributed by atoms with Crippen LogP contribution in [-0.4, -0.2) is 29.1 Å². The molecule has 1 aromatic heterocycles. The highest BCUT2D eigenvalue weighted by molar-refractivity contribution is 5.96. The van der Waals surface area contributed by atoms with E-state index >= 15 is 0 Å². The Hall–Kier alpha value is -2.31. The predicted molar refractivity (Wildman–Crippen MR) is 71.5 cm³/mol. The van der Waals surface area contributed by atoms with Gasteiger partial charge in [-0.3, -0.25) is 9.78 Å². The lowest BCUT2D eigenvalue weighted by Gasteiger charge is -2.19. The molecule has 4 N–H and O–H groups in total. The molecule has 0 aliphatic carbocycles. The average molecular weight is 266 g/mol. The van der Waals surface area contributed by atoms with Crippen molar-refractivity contribution in [3.8, 4) is 0 Å². The molecule has 2 amide bonds. The lowest BCUT2D eigenvalue weighted by molar-refractivity contribution is -0.115. The molecule has 104 valence electrons. The molecule has 0 saturated carbocycles. The SMILES string of the molecule is CC(C)(C)OC(=O)NCC(=O)Nc1cnccc1N. The molecule has 19 heavy (non-hydrogen) atoms. The lowest BCUT2D eigenvalue weighted by atomic mass is 10.2. The van der Waals surface area contributed by atoms with Crippen LogP contribution in [0.2, 0.25) is 0 Å². The summed E-state index contributed by atoms with van der Waals surface area (Å²) in [6.07, 6.45) is 2.30. The van der Waals surface area contributed by atoms with Crippen molar-refractivity contribution in [2.75, 3.05) is 17.6 Å². The molecule has 0 fully saturated rings. The second-order valence-corrected chi connectivity index (χ2v) is 4.87. The summed E-state index contributed by atoms with van der Waals surface area (Å²) in [4.78, 5) is 26.7. The molecule has 0 saturated heterocycles. The average Bonchev–Trinajstić information content (AvgIpc) is 2.27. The monoisotopic (exact) mass is 266 g/mol. The topological polar surface area (TPSA) is 106 Å². The van der Waals surface area contributed by atoms with Crippen molar-refractivity contribution < 1.29 is 14.3 Å². The van der Waals surface area contributed by atoms with Gasteiger partial charge in [0.15, 0.2) is 0 Å². The van der Waals surface area contributed by atoms with Crippen molar-refractivity contribution in [1.29, 1.82) is 0 Å². The van der Waals surface area contributed by atoms with Crippen LogP contribution in [-0.2, 0) is 9.53 Å². The van der Waals surface area contributed by atoms with E-state index < -0.39 is 17.6 Å². The zero-order valence-corrected chi connectivity index (χ0v) is 11.2. The van der Waals surface area contributed by atoms with Crippen LogP contribution in [0.25, 0.3) is 0 Å². The Balaban J connectivity index is 2.41. The van der Waals surface area contributed by atoms with Crippen LogP contribution < -0.4 is 16.4 Å². The molecule has 0 atom stereocenters. The highest BCUT2D eigenvalue weighted by atomic mass is 16.6. The zero-order chi connectivity index (χ0) is 14.5. The van der Waals surface area contributed by atoms with E-state index in [1.165, 1.54) is 12.4 Å². The third-order valence-electron chi connectivity index (χ3n) is 1.92. The van der Waals surface area contributed by atoms with E-state index in [1.807, 2.05) is 0 Å². The normalized spacial score (nSPS) is 10.7. The number of nitrogens with one attached hydrogen (secondary N) is 2. The van der Waals surface area contributed by atoms with E-state index in [9.17, 15) is 9.59 Å². The lowest BCUT2D eigenvalue weighted by Crippen LogP contribution is -2.37. The second kappa shape index (κ2) is 6.03. The fourth-order valence-corrected chi connectivity index (χ4v) is 1.17. The first-order valence-corrected chi connectivity index (χ1v) is 5.74. The van der Waals surface area contributed by atoms with Gasteiger partial charge >= 0.3 is 6.09 Å². The molecule has 0 bridgehead atoms. The van der Waals surface area contributed by atoms with E-state index in [1.54, 1.807) is 26.8 Å². The number of amides is 2. The van der Waals surface area contributed by atoms with E-state index in [2.05, 4.69) is 15.6 Å². The van der Waals surface area contributed by atoms with E-state index in [-0.39, 0.29) is 6.54 Å². The van der Waals surface area contributed by atoms with Crippen LogP contribution in [0.4, 0.5) is 16.2 Å². The molecule has 0 spiro atoms. The van der Waals surface area contributed by atoms with E-state index in [4.69, 9.17) is 10.5 Å². The minimum atomic E-state index is -0.651. The molecule has 0 aromatic carbocycles. The molecule has 1 rings (SSSR count). The van der Waals surface area contributed by atoms with Crippen LogP contribution in [0.1, 0.15) is 20.8 Å². The number of anilines is 2. The fraction of sp³-hybridized carbons (Fsp3) is 0.417. The number of pyridine rings is 1. The number of nitrogens with zero attached hydrogens (tertiary/aromatic N) is 1. The first-order valence-electron chi connectivity index (χ1n) is 5.74. The van der Waals surface area contributed by atoms with Gasteiger partial charge in [0.2, 0.25) is 5.91 Å². The number of rotatable bonds is 3. The van der Waals surface area contributed by atoms with Crippen molar-refractivity contribution in [2.45, 2.75) is 26.4 Å². The number of nitrogens with two attached hydrogens (primary N) is 1. The van der Waals surface area contributed by atoms with Gasteiger partial charge in [-0.1, -0.05) is 0 Å². The van der Waals surface area contributed by atoms with Crippen molar-refractivity contribution >= 4 is 23.4 Å². The third kappa shape index (κ3) is 5.71. The van der Waals surface area contributed by atoms with Crippen molar-refractivity contribution in [3.63, 3.8) is 0 Å². The minimum Gasteiger partial charge on any atom is -0.444 e. The number of aromatic nitrogens is 1. The summed E-state index contributed by atoms with van der Waals surface area (Å²) in [6, 6.07) is 1.57. The van der Waals surface area contributed by atoms with E-state index in [0.717, 1.165) is 0 Å². The van der Waals surface area contributed by atoms with Gasteiger partial charge < -0.3 is 21.1 Å². The smallest absolute Gasteiger partial charge is 0.408 e. The van der Waals surface area contributed by atoms with Gasteiger partial charge in [-0.25, -0.2) is 4.79 Å². The predicted octanol–water partition coefficient (Wildman–Crippen LogP) is 1.13. The molecular formula is C12H18N4O3. The highest BCUT2D eigenvalue weighted by Gasteiger charge is 2.16. The number of nitrogen functional groups attached to an aromatic ring is 1.